The quantitative estimate of drug-likeness (QED) is 0.830. The number of ether oxygens (including phenoxy) is 1. The number of benzene rings is 1. The van der Waals surface area contributed by atoms with Crippen LogP contribution in [-0.4, -0.2) is 12.5 Å². The average molecular weight is 262 g/mol. The lowest BCUT2D eigenvalue weighted by Crippen LogP contribution is -2.33. The Balaban J connectivity index is 2.75. The molecule has 0 aromatic heterocycles. The fourth-order valence-corrected chi connectivity index (χ4v) is 1.20. The zero-order valence-electron chi connectivity index (χ0n) is 9.12. The van der Waals surface area contributed by atoms with Gasteiger partial charge in [0.1, 0.15) is 5.75 Å². The number of nitrogens with zero attached hydrogens (tertiary/aromatic N) is 1. The molecule has 0 saturated heterocycles. The van der Waals surface area contributed by atoms with Crippen LogP contribution in [0.4, 0.5) is 17.6 Å². The van der Waals surface area contributed by atoms with Crippen molar-refractivity contribution in [1.82, 2.24) is 0 Å². The highest BCUT2D eigenvalue weighted by Crippen LogP contribution is 2.28. The lowest BCUT2D eigenvalue weighted by atomic mass is 10.1. The number of hydrogen-bond acceptors (Lipinski definition) is 3. The SMILES string of the molecule is N#CC[C@H](N)c1ccc(OC(F)(F)C(F)F)cc1. The molecule has 0 unspecified atom stereocenters. The summed E-state index contributed by atoms with van der Waals surface area (Å²) >= 11 is 0. The molecule has 0 heterocycles. The van der Waals surface area contributed by atoms with Crippen LogP contribution in [0.3, 0.4) is 0 Å². The van der Waals surface area contributed by atoms with E-state index in [9.17, 15) is 17.6 Å². The van der Waals surface area contributed by atoms with Gasteiger partial charge in [-0.15, -0.1) is 0 Å². The fraction of sp³-hybridized carbons (Fsp3) is 0.364. The van der Waals surface area contributed by atoms with Crippen LogP contribution < -0.4 is 10.5 Å². The molecule has 1 aromatic rings. The van der Waals surface area contributed by atoms with E-state index in [1.807, 2.05) is 6.07 Å². The van der Waals surface area contributed by atoms with Gasteiger partial charge in [-0.05, 0) is 17.7 Å². The van der Waals surface area contributed by atoms with E-state index in [1.54, 1.807) is 0 Å². The molecule has 7 heteroatoms. The molecule has 3 nitrogen and oxygen atoms in total. The molecule has 0 amide bonds. The summed E-state index contributed by atoms with van der Waals surface area (Å²) in [5, 5.41) is 8.43. The zero-order valence-corrected chi connectivity index (χ0v) is 9.12. The van der Waals surface area contributed by atoms with E-state index >= 15 is 0 Å². The van der Waals surface area contributed by atoms with Gasteiger partial charge in [0.2, 0.25) is 0 Å². The van der Waals surface area contributed by atoms with Gasteiger partial charge >= 0.3 is 12.5 Å². The van der Waals surface area contributed by atoms with Gasteiger partial charge in [0.15, 0.2) is 0 Å². The summed E-state index contributed by atoms with van der Waals surface area (Å²) < 4.78 is 52.8. The van der Waals surface area contributed by atoms with Crippen molar-refractivity contribution >= 4 is 0 Å². The van der Waals surface area contributed by atoms with Gasteiger partial charge in [0, 0.05) is 6.04 Å². The maximum Gasteiger partial charge on any atom is 0.461 e. The number of alkyl halides is 4. The topological polar surface area (TPSA) is 59.0 Å². The van der Waals surface area contributed by atoms with Crippen molar-refractivity contribution in [2.24, 2.45) is 5.73 Å². The molecule has 98 valence electrons. The summed E-state index contributed by atoms with van der Waals surface area (Å²) in [4.78, 5) is 0. The van der Waals surface area contributed by atoms with E-state index < -0.39 is 24.3 Å². The molecule has 1 rings (SSSR count). The molecule has 0 aliphatic carbocycles. The Hall–Kier alpha value is -1.81. The molecule has 2 N–H and O–H groups in total. The van der Waals surface area contributed by atoms with Crippen molar-refractivity contribution in [2.75, 3.05) is 0 Å². The monoisotopic (exact) mass is 262 g/mol. The normalized spacial score (nSPS) is 13.2. The van der Waals surface area contributed by atoms with E-state index in [0.717, 1.165) is 12.1 Å². The highest BCUT2D eigenvalue weighted by molar-refractivity contribution is 5.29. The first-order valence-electron chi connectivity index (χ1n) is 4.94. The lowest BCUT2D eigenvalue weighted by molar-refractivity contribution is -0.253. The molecule has 0 bridgehead atoms. The Labute approximate surface area is 101 Å². The van der Waals surface area contributed by atoms with Crippen LogP contribution in [0.25, 0.3) is 0 Å². The smallest absolute Gasteiger partial charge is 0.428 e. The van der Waals surface area contributed by atoms with Gasteiger partial charge in [0.05, 0.1) is 12.5 Å². The predicted octanol–water partition coefficient (Wildman–Crippen LogP) is 2.84. The van der Waals surface area contributed by atoms with Crippen molar-refractivity contribution in [3.05, 3.63) is 29.8 Å². The van der Waals surface area contributed by atoms with E-state index in [1.165, 1.54) is 12.1 Å². The molecule has 18 heavy (non-hydrogen) atoms. The average Bonchev–Trinajstić information content (AvgIpc) is 2.29. The summed E-state index contributed by atoms with van der Waals surface area (Å²) in [7, 11) is 0. The summed E-state index contributed by atoms with van der Waals surface area (Å²) in [6.07, 6.45) is -8.37. The number of halogens is 4. The van der Waals surface area contributed by atoms with Crippen LogP contribution in [0, 0.1) is 11.3 Å². The third-order valence-corrected chi connectivity index (χ3v) is 2.13. The van der Waals surface area contributed by atoms with Gasteiger partial charge in [-0.2, -0.15) is 22.8 Å². The molecule has 0 aliphatic rings. The first-order valence-corrected chi connectivity index (χ1v) is 4.94. The molecule has 0 spiro atoms. The van der Waals surface area contributed by atoms with Gasteiger partial charge in [0.25, 0.3) is 0 Å². The third kappa shape index (κ3) is 3.60. The largest absolute Gasteiger partial charge is 0.461 e. The summed E-state index contributed by atoms with van der Waals surface area (Å²) in [6.45, 7) is 0. The number of rotatable bonds is 5. The first kappa shape index (κ1) is 14.3. The first-order chi connectivity index (χ1) is 8.36. The van der Waals surface area contributed by atoms with Gasteiger partial charge in [-0.1, -0.05) is 12.1 Å². The Bertz CT molecular complexity index is 428. The highest BCUT2D eigenvalue weighted by atomic mass is 19.3. The summed E-state index contributed by atoms with van der Waals surface area (Å²) in [6, 6.07) is 6.19. The third-order valence-electron chi connectivity index (χ3n) is 2.13. The van der Waals surface area contributed by atoms with Gasteiger partial charge < -0.3 is 10.5 Å². The van der Waals surface area contributed by atoms with Crippen molar-refractivity contribution < 1.29 is 22.3 Å². The predicted molar refractivity (Wildman–Crippen MR) is 55.2 cm³/mol. The Morgan fingerprint density at radius 3 is 2.28 bits per heavy atom. The lowest BCUT2D eigenvalue weighted by Gasteiger charge is -2.17. The van der Waals surface area contributed by atoms with Crippen LogP contribution in [0.1, 0.15) is 18.0 Å². The number of nitrogens with two attached hydrogens (primary N) is 1. The molecule has 0 radical (unpaired) electrons. The number of nitriles is 1. The zero-order chi connectivity index (χ0) is 13.8. The molecular weight excluding hydrogens is 252 g/mol. The summed E-state index contributed by atoms with van der Waals surface area (Å²) in [5.74, 6) is -0.395. The molecule has 1 aromatic carbocycles. The minimum absolute atomic E-state index is 0.0629. The van der Waals surface area contributed by atoms with Crippen LogP contribution in [0.2, 0.25) is 0 Å². The van der Waals surface area contributed by atoms with Gasteiger partial charge in [-0.25, -0.2) is 0 Å². The highest BCUT2D eigenvalue weighted by Gasteiger charge is 2.43. The maximum atomic E-state index is 12.6. The fourth-order valence-electron chi connectivity index (χ4n) is 1.20. The molecule has 0 fully saturated rings. The number of hydrogen-bond donors (Lipinski definition) is 1. The van der Waals surface area contributed by atoms with Crippen LogP contribution in [0.15, 0.2) is 24.3 Å². The van der Waals surface area contributed by atoms with Crippen molar-refractivity contribution in [3.8, 4) is 11.8 Å². The van der Waals surface area contributed by atoms with Crippen LogP contribution >= 0.6 is 0 Å². The standard InChI is InChI=1S/C11H10F4N2O/c12-10(13)11(14,15)18-8-3-1-7(2-4-8)9(17)5-6-16/h1-4,9-10H,5,17H2/t9-/m0/s1. The Morgan fingerprint density at radius 1 is 1.28 bits per heavy atom. The van der Waals surface area contributed by atoms with E-state index in [-0.39, 0.29) is 6.42 Å². The van der Waals surface area contributed by atoms with Crippen molar-refractivity contribution in [3.63, 3.8) is 0 Å². The van der Waals surface area contributed by atoms with Gasteiger partial charge in [-0.3, -0.25) is 0 Å². The second kappa shape index (κ2) is 5.69. The van der Waals surface area contributed by atoms with Crippen molar-refractivity contribution in [2.45, 2.75) is 25.0 Å². The molecule has 1 atom stereocenters. The second-order valence-corrected chi connectivity index (χ2v) is 3.50. The van der Waals surface area contributed by atoms with Crippen LogP contribution in [-0.2, 0) is 0 Å². The van der Waals surface area contributed by atoms with Crippen molar-refractivity contribution in [1.29, 1.82) is 5.26 Å². The van der Waals surface area contributed by atoms with Crippen LogP contribution in [0.5, 0.6) is 5.75 Å². The van der Waals surface area contributed by atoms with E-state index in [2.05, 4.69) is 4.74 Å². The molecule has 0 saturated carbocycles. The van der Waals surface area contributed by atoms with E-state index in [4.69, 9.17) is 11.0 Å². The Morgan fingerprint density at radius 2 is 1.83 bits per heavy atom. The second-order valence-electron chi connectivity index (χ2n) is 3.50. The van der Waals surface area contributed by atoms with E-state index in [0.29, 0.717) is 5.56 Å². The minimum atomic E-state index is -4.53. The summed E-state index contributed by atoms with van der Waals surface area (Å²) in [5.41, 5.74) is 6.13. The Kier molecular flexibility index (Phi) is 4.50. The minimum Gasteiger partial charge on any atom is -0.428 e. The molecular formula is C11H10F4N2O. The molecule has 0 aliphatic heterocycles. The maximum absolute atomic E-state index is 12.6.